The van der Waals surface area contributed by atoms with Crippen molar-refractivity contribution in [3.05, 3.63) is 30.1 Å². The van der Waals surface area contributed by atoms with Crippen LogP contribution in [0.25, 0.3) is 0 Å². The number of rotatable bonds is 6. The molecule has 0 aromatic carbocycles. The molecule has 0 unspecified atom stereocenters. The van der Waals surface area contributed by atoms with Gasteiger partial charge in [0.1, 0.15) is 12.2 Å². The van der Waals surface area contributed by atoms with Gasteiger partial charge >= 0.3 is 0 Å². The van der Waals surface area contributed by atoms with Crippen LogP contribution in [0, 0.1) is 12.8 Å². The Morgan fingerprint density at radius 1 is 1.18 bits per heavy atom. The van der Waals surface area contributed by atoms with Crippen molar-refractivity contribution in [1.29, 1.82) is 0 Å². The molecule has 2 aromatic heterocycles. The van der Waals surface area contributed by atoms with E-state index in [0.717, 1.165) is 18.5 Å². The maximum Gasteiger partial charge on any atom is 0.262 e. The van der Waals surface area contributed by atoms with Crippen LogP contribution in [0.2, 0.25) is 0 Å². The first kappa shape index (κ1) is 19.3. The maximum atomic E-state index is 12.8. The Balaban J connectivity index is 1.31. The van der Waals surface area contributed by atoms with E-state index in [1.54, 1.807) is 31.1 Å². The van der Waals surface area contributed by atoms with Crippen molar-refractivity contribution in [3.63, 3.8) is 0 Å². The SMILES string of the molecule is Cc1nc(S(=O)(=O)N2CCC(COc3cc(C4CCC4)ncn3)CC2)cn1C. The second-order valence-corrected chi connectivity index (χ2v) is 9.69. The lowest BCUT2D eigenvalue weighted by Gasteiger charge is -2.30. The summed E-state index contributed by atoms with van der Waals surface area (Å²) < 4.78 is 34.7. The number of aromatic nitrogens is 4. The molecule has 1 aliphatic carbocycles. The number of hydrogen-bond donors (Lipinski definition) is 0. The van der Waals surface area contributed by atoms with Gasteiger partial charge in [-0.05, 0) is 38.5 Å². The molecule has 0 bridgehead atoms. The number of hydrogen-bond acceptors (Lipinski definition) is 6. The van der Waals surface area contributed by atoms with E-state index < -0.39 is 10.0 Å². The summed E-state index contributed by atoms with van der Waals surface area (Å²) in [6, 6.07) is 1.95. The predicted octanol–water partition coefficient (Wildman–Crippen LogP) is 2.27. The lowest BCUT2D eigenvalue weighted by molar-refractivity contribution is 0.180. The fourth-order valence-corrected chi connectivity index (χ4v) is 5.16. The van der Waals surface area contributed by atoms with Gasteiger partial charge in [0, 0.05) is 38.3 Å². The van der Waals surface area contributed by atoms with Crippen LogP contribution in [0.1, 0.15) is 49.5 Å². The number of imidazole rings is 1. The molecule has 0 N–H and O–H groups in total. The molecule has 9 heteroatoms. The molecule has 2 aliphatic rings. The highest BCUT2D eigenvalue weighted by Gasteiger charge is 2.31. The van der Waals surface area contributed by atoms with E-state index in [1.165, 1.54) is 23.6 Å². The number of sulfonamides is 1. The van der Waals surface area contributed by atoms with Gasteiger partial charge in [0.15, 0.2) is 5.03 Å². The molecular weight excluding hydrogens is 378 g/mol. The molecule has 0 atom stereocenters. The zero-order valence-corrected chi connectivity index (χ0v) is 17.2. The monoisotopic (exact) mass is 405 g/mol. The van der Waals surface area contributed by atoms with E-state index in [2.05, 4.69) is 15.0 Å². The van der Waals surface area contributed by atoms with Crippen molar-refractivity contribution in [2.75, 3.05) is 19.7 Å². The van der Waals surface area contributed by atoms with Crippen LogP contribution in [-0.2, 0) is 17.1 Å². The molecule has 3 heterocycles. The van der Waals surface area contributed by atoms with Gasteiger partial charge in [0.25, 0.3) is 10.0 Å². The first-order chi connectivity index (χ1) is 13.4. The molecule has 4 rings (SSSR count). The number of nitrogens with zero attached hydrogens (tertiary/aromatic N) is 5. The van der Waals surface area contributed by atoms with Crippen LogP contribution in [0.3, 0.4) is 0 Å². The van der Waals surface area contributed by atoms with Crippen molar-refractivity contribution in [1.82, 2.24) is 23.8 Å². The molecule has 2 aromatic rings. The third kappa shape index (κ3) is 3.91. The average molecular weight is 406 g/mol. The lowest BCUT2D eigenvalue weighted by atomic mass is 9.83. The molecule has 152 valence electrons. The van der Waals surface area contributed by atoms with Gasteiger partial charge in [-0.3, -0.25) is 0 Å². The lowest BCUT2D eigenvalue weighted by Crippen LogP contribution is -2.39. The van der Waals surface area contributed by atoms with Gasteiger partial charge in [-0.25, -0.2) is 23.4 Å². The highest BCUT2D eigenvalue weighted by atomic mass is 32.2. The average Bonchev–Trinajstić information content (AvgIpc) is 2.99. The summed E-state index contributed by atoms with van der Waals surface area (Å²) in [5, 5.41) is 0.131. The Labute approximate surface area is 166 Å². The van der Waals surface area contributed by atoms with E-state index in [0.29, 0.717) is 43.2 Å². The maximum absolute atomic E-state index is 12.8. The quantitative estimate of drug-likeness (QED) is 0.732. The van der Waals surface area contributed by atoms with Crippen molar-refractivity contribution in [2.24, 2.45) is 13.0 Å². The third-order valence-corrected chi connectivity index (χ3v) is 7.69. The van der Waals surface area contributed by atoms with E-state index in [9.17, 15) is 8.42 Å². The molecular formula is C19H27N5O3S. The molecule has 1 saturated carbocycles. The van der Waals surface area contributed by atoms with Gasteiger partial charge in [-0.1, -0.05) is 6.42 Å². The van der Waals surface area contributed by atoms with Crippen LogP contribution in [-0.4, -0.2) is 51.9 Å². The second-order valence-electron chi connectivity index (χ2n) is 7.80. The number of piperidine rings is 1. The van der Waals surface area contributed by atoms with E-state index in [-0.39, 0.29) is 5.03 Å². The van der Waals surface area contributed by atoms with Crippen LogP contribution in [0.15, 0.2) is 23.6 Å². The summed E-state index contributed by atoms with van der Waals surface area (Å²) in [6.07, 6.45) is 8.35. The fraction of sp³-hybridized carbons (Fsp3) is 0.632. The molecule has 1 aliphatic heterocycles. The highest BCUT2D eigenvalue weighted by Crippen LogP contribution is 2.35. The number of ether oxygens (including phenoxy) is 1. The molecule has 0 amide bonds. The Morgan fingerprint density at radius 3 is 2.54 bits per heavy atom. The van der Waals surface area contributed by atoms with Crippen LogP contribution in [0.4, 0.5) is 0 Å². The molecule has 2 fully saturated rings. The summed E-state index contributed by atoms with van der Waals surface area (Å²) in [6.45, 7) is 3.33. The minimum absolute atomic E-state index is 0.131. The van der Waals surface area contributed by atoms with Gasteiger partial charge in [0.2, 0.25) is 5.88 Å². The summed E-state index contributed by atoms with van der Waals surface area (Å²) in [5.74, 6) is 2.18. The minimum atomic E-state index is -3.53. The third-order valence-electron chi connectivity index (χ3n) is 5.92. The molecule has 0 spiro atoms. The Hall–Kier alpha value is -2.00. The first-order valence-electron chi connectivity index (χ1n) is 9.88. The molecule has 1 saturated heterocycles. The first-order valence-corrected chi connectivity index (χ1v) is 11.3. The second kappa shape index (κ2) is 7.79. The van der Waals surface area contributed by atoms with Gasteiger partial charge in [-0.15, -0.1) is 0 Å². The topological polar surface area (TPSA) is 90.2 Å². The van der Waals surface area contributed by atoms with Gasteiger partial charge in [0.05, 0.1) is 12.3 Å². The number of aryl methyl sites for hydroxylation is 2. The van der Waals surface area contributed by atoms with Crippen LogP contribution in [0.5, 0.6) is 5.88 Å². The summed E-state index contributed by atoms with van der Waals surface area (Å²) in [4.78, 5) is 12.8. The minimum Gasteiger partial charge on any atom is -0.477 e. The Morgan fingerprint density at radius 2 is 1.93 bits per heavy atom. The predicted molar refractivity (Wildman–Crippen MR) is 104 cm³/mol. The summed E-state index contributed by atoms with van der Waals surface area (Å²) in [7, 11) is -1.73. The summed E-state index contributed by atoms with van der Waals surface area (Å²) in [5.41, 5.74) is 1.07. The highest BCUT2D eigenvalue weighted by molar-refractivity contribution is 7.89. The normalized spacial score (nSPS) is 19.5. The molecule has 0 radical (unpaired) electrons. The van der Waals surface area contributed by atoms with Crippen molar-refractivity contribution < 1.29 is 13.2 Å². The van der Waals surface area contributed by atoms with Crippen LogP contribution < -0.4 is 4.74 Å². The summed E-state index contributed by atoms with van der Waals surface area (Å²) >= 11 is 0. The Kier molecular flexibility index (Phi) is 5.37. The zero-order valence-electron chi connectivity index (χ0n) is 16.4. The van der Waals surface area contributed by atoms with Crippen molar-refractivity contribution >= 4 is 10.0 Å². The zero-order chi connectivity index (χ0) is 19.7. The molecule has 8 nitrogen and oxygen atoms in total. The Bertz CT molecular complexity index is 911. The smallest absolute Gasteiger partial charge is 0.262 e. The fourth-order valence-electron chi connectivity index (χ4n) is 3.66. The van der Waals surface area contributed by atoms with E-state index in [4.69, 9.17) is 4.74 Å². The van der Waals surface area contributed by atoms with Crippen LogP contribution >= 0.6 is 0 Å². The van der Waals surface area contributed by atoms with Gasteiger partial charge < -0.3 is 9.30 Å². The standard InChI is InChI=1S/C19H27N5O3S/c1-14-22-19(11-23(14)2)28(25,26)24-8-6-15(7-9-24)12-27-18-10-17(20-13-21-18)16-4-3-5-16/h10-11,13,15-16H,3-9,12H2,1-2H3. The van der Waals surface area contributed by atoms with E-state index in [1.807, 2.05) is 6.07 Å². The van der Waals surface area contributed by atoms with Crippen molar-refractivity contribution in [2.45, 2.75) is 50.0 Å². The van der Waals surface area contributed by atoms with Crippen molar-refractivity contribution in [3.8, 4) is 5.88 Å². The molecule has 28 heavy (non-hydrogen) atoms. The van der Waals surface area contributed by atoms with E-state index >= 15 is 0 Å². The largest absolute Gasteiger partial charge is 0.477 e. The van der Waals surface area contributed by atoms with Gasteiger partial charge in [-0.2, -0.15) is 4.31 Å².